The van der Waals surface area contributed by atoms with Crippen molar-refractivity contribution in [3.63, 3.8) is 0 Å². The zero-order valence-corrected chi connectivity index (χ0v) is 49.9. The summed E-state index contributed by atoms with van der Waals surface area (Å²) in [6.07, 6.45) is 44.3. The molecule has 2 rings (SSSR count). The number of unbranched alkanes of at least 4 members (excludes halogenated alkanes) is 17. The third kappa shape index (κ3) is 36.6. The second-order valence-electron chi connectivity index (χ2n) is 20.6. The number of hydrogen-bond acceptors (Lipinski definition) is 16. The number of carbonyl (C=O) groups excluding carboxylic acids is 2. The van der Waals surface area contributed by atoms with E-state index in [2.05, 4.69) is 66.5 Å². The van der Waals surface area contributed by atoms with Crippen LogP contribution in [0.2, 0.25) is 0 Å². The second kappa shape index (κ2) is 44.7. The van der Waals surface area contributed by atoms with Crippen LogP contribution in [0.15, 0.2) is 90.0 Å². The number of nitrogen functional groups attached to an aromatic ring is 1. The van der Waals surface area contributed by atoms with Crippen LogP contribution in [-0.2, 0) is 46.3 Å². The van der Waals surface area contributed by atoms with Crippen molar-refractivity contribution in [3.05, 3.63) is 95.7 Å². The third-order valence-electron chi connectivity index (χ3n) is 13.4. The van der Waals surface area contributed by atoms with E-state index in [9.17, 15) is 48.6 Å². The summed E-state index contributed by atoms with van der Waals surface area (Å²) >= 11 is 0. The summed E-state index contributed by atoms with van der Waals surface area (Å²) in [6.45, 7) is 4.28. The zero-order valence-electron chi connectivity index (χ0n) is 48.1. The molecule has 1 aliphatic heterocycles. The highest BCUT2D eigenvalue weighted by Gasteiger charge is 2.46. The van der Waals surface area contributed by atoms with E-state index >= 15 is 0 Å². The van der Waals surface area contributed by atoms with Crippen LogP contribution in [0.3, 0.4) is 0 Å². The summed E-state index contributed by atoms with van der Waals surface area (Å²) in [5.41, 5.74) is 4.58. The molecule has 1 aromatic heterocycles. The van der Waals surface area contributed by atoms with Gasteiger partial charge in [0, 0.05) is 19.0 Å². The number of hydrogen-bond donors (Lipinski definition) is 6. The maximum absolute atomic E-state index is 12.9. The molecule has 21 heteroatoms. The Labute approximate surface area is 477 Å². The molecule has 80 heavy (non-hydrogen) atoms. The monoisotopic (exact) mass is 1170 g/mol. The molecule has 19 nitrogen and oxygen atoms in total. The number of phosphoric acid groups is 2. The Hall–Kier alpha value is -3.84. The standard InChI is InChI=1S/C59H99N3O16P2/c1-4-6-7-8-9-10-11-18-22-25-28-31-35-40-50(63)41-36-33-38-43-55(65)76-51(46-73-54(64)42-37-32-29-26-23-20-17-15-13-12-14-16-19-21-24-27-30-34-39-49(3)5-2)47-74-79(69,70)78-80(71,72)75-48-52-56(66)57(67)58(77-52)62-45-44-53(60)61-59(62)68/h6-7,9-10,18,22,28,31,33,35-36,40,44-45,49-52,56-58,63,66-67H,4-5,8,11-17,19-21,23-27,29-30,32,34,37-39,41-43,46-48H2,1-3H3,(H,69,70)(H,71,72)(H2,60,61,68)/b7-6-,10-9-,22-18-,31-28-,36-33-,40-35-/t49?,50?,51-,52-,56-,57-,58-/m1/s1. The van der Waals surface area contributed by atoms with Gasteiger partial charge in [-0.3, -0.25) is 23.2 Å². The normalized spacial score (nSPS) is 19.7. The fraction of sp³-hybridized carbons (Fsp3) is 0.695. The Balaban J connectivity index is 1.79. The fourth-order valence-electron chi connectivity index (χ4n) is 8.52. The predicted molar refractivity (Wildman–Crippen MR) is 313 cm³/mol. The minimum absolute atomic E-state index is 0.0899. The van der Waals surface area contributed by atoms with Crippen molar-refractivity contribution < 1.29 is 71.4 Å². The summed E-state index contributed by atoms with van der Waals surface area (Å²) in [5, 5.41) is 31.3. The number of aliphatic hydroxyl groups excluding tert-OH is 3. The van der Waals surface area contributed by atoms with Crippen LogP contribution in [0.4, 0.5) is 5.82 Å². The number of carbonyl (C=O) groups is 2. The van der Waals surface area contributed by atoms with Crippen molar-refractivity contribution in [1.82, 2.24) is 9.55 Å². The first-order valence-electron chi connectivity index (χ1n) is 29.5. The van der Waals surface area contributed by atoms with E-state index in [4.69, 9.17) is 29.0 Å². The lowest BCUT2D eigenvalue weighted by Gasteiger charge is -2.21. The van der Waals surface area contributed by atoms with E-state index in [1.54, 1.807) is 24.3 Å². The molecule has 0 saturated carbocycles. The number of phosphoric ester groups is 2. The third-order valence-corrected chi connectivity index (χ3v) is 16.0. The van der Waals surface area contributed by atoms with Crippen LogP contribution in [-0.4, -0.2) is 96.9 Å². The van der Waals surface area contributed by atoms with Crippen molar-refractivity contribution in [2.45, 2.75) is 237 Å². The summed E-state index contributed by atoms with van der Waals surface area (Å²) in [7, 11) is -10.9. The number of esters is 2. The Bertz CT molecular complexity index is 2170. The van der Waals surface area contributed by atoms with Gasteiger partial charge in [0.25, 0.3) is 0 Å². The molecule has 1 aromatic rings. The molecule has 0 bridgehead atoms. The second-order valence-corrected chi connectivity index (χ2v) is 23.6. The molecule has 456 valence electrons. The number of aromatic nitrogens is 2. The molecule has 0 aliphatic carbocycles. The fourth-order valence-corrected chi connectivity index (χ4v) is 10.6. The average molecular weight is 1170 g/mol. The van der Waals surface area contributed by atoms with E-state index in [0.717, 1.165) is 68.0 Å². The quantitative estimate of drug-likeness (QED) is 0.0116. The molecule has 1 saturated heterocycles. The lowest BCUT2D eigenvalue weighted by molar-refractivity contribution is -0.161. The minimum atomic E-state index is -5.47. The molecule has 4 unspecified atom stereocenters. The highest BCUT2D eigenvalue weighted by molar-refractivity contribution is 7.61. The summed E-state index contributed by atoms with van der Waals surface area (Å²) in [4.78, 5) is 62.2. The van der Waals surface area contributed by atoms with E-state index in [1.165, 1.54) is 102 Å². The van der Waals surface area contributed by atoms with Gasteiger partial charge in [0.1, 0.15) is 30.7 Å². The van der Waals surface area contributed by atoms with Crippen molar-refractivity contribution in [1.29, 1.82) is 0 Å². The average Bonchev–Trinajstić information content (AvgIpc) is 3.71. The molecule has 0 radical (unpaired) electrons. The first kappa shape index (κ1) is 72.3. The summed E-state index contributed by atoms with van der Waals surface area (Å²) < 4.78 is 56.8. The van der Waals surface area contributed by atoms with Gasteiger partial charge >= 0.3 is 33.3 Å². The Morgan fingerprint density at radius 3 is 1.84 bits per heavy atom. The Morgan fingerprint density at radius 2 is 1.26 bits per heavy atom. The lowest BCUT2D eigenvalue weighted by atomic mass is 9.99. The van der Waals surface area contributed by atoms with Crippen LogP contribution in [0.5, 0.6) is 0 Å². The van der Waals surface area contributed by atoms with Crippen LogP contribution < -0.4 is 11.4 Å². The summed E-state index contributed by atoms with van der Waals surface area (Å²) in [5.74, 6) is -0.617. The molecule has 0 amide bonds. The van der Waals surface area contributed by atoms with Gasteiger partial charge < -0.3 is 45.1 Å². The maximum atomic E-state index is 12.9. The smallest absolute Gasteiger partial charge is 0.462 e. The number of anilines is 1. The van der Waals surface area contributed by atoms with Crippen LogP contribution in [0.25, 0.3) is 0 Å². The maximum Gasteiger partial charge on any atom is 0.481 e. The van der Waals surface area contributed by atoms with Gasteiger partial charge in [-0.1, -0.05) is 216 Å². The molecule has 1 fully saturated rings. The van der Waals surface area contributed by atoms with Crippen LogP contribution >= 0.6 is 15.6 Å². The van der Waals surface area contributed by atoms with Crippen molar-refractivity contribution in [2.24, 2.45) is 5.92 Å². The molecule has 1 aliphatic rings. The van der Waals surface area contributed by atoms with Gasteiger partial charge in [-0.25, -0.2) is 13.9 Å². The molecule has 2 heterocycles. The molecule has 0 spiro atoms. The van der Waals surface area contributed by atoms with E-state index in [-0.39, 0.29) is 31.5 Å². The van der Waals surface area contributed by atoms with Gasteiger partial charge in [0.05, 0.1) is 19.3 Å². The molecule has 0 aromatic carbocycles. The van der Waals surface area contributed by atoms with Crippen LogP contribution in [0, 0.1) is 5.92 Å². The zero-order chi connectivity index (χ0) is 58.7. The lowest BCUT2D eigenvalue weighted by Crippen LogP contribution is -2.36. The number of nitrogens with zero attached hydrogens (tertiary/aromatic N) is 2. The Morgan fingerprint density at radius 1 is 0.713 bits per heavy atom. The number of nitrogens with two attached hydrogens (primary N) is 1. The van der Waals surface area contributed by atoms with Gasteiger partial charge in [-0.2, -0.15) is 9.29 Å². The first-order chi connectivity index (χ1) is 38.5. The van der Waals surface area contributed by atoms with Gasteiger partial charge in [-0.15, -0.1) is 0 Å². The summed E-state index contributed by atoms with van der Waals surface area (Å²) in [6, 6.07) is 1.24. The topological polar surface area (TPSA) is 286 Å². The van der Waals surface area contributed by atoms with E-state index < -0.39 is 89.8 Å². The number of ether oxygens (including phenoxy) is 3. The minimum Gasteiger partial charge on any atom is -0.462 e. The van der Waals surface area contributed by atoms with E-state index in [1.807, 2.05) is 12.2 Å². The number of aliphatic hydroxyl groups is 3. The number of rotatable bonds is 48. The van der Waals surface area contributed by atoms with Gasteiger partial charge in [0.2, 0.25) is 0 Å². The van der Waals surface area contributed by atoms with Crippen molar-refractivity contribution >= 4 is 33.4 Å². The van der Waals surface area contributed by atoms with Crippen molar-refractivity contribution in [2.75, 3.05) is 25.6 Å². The highest BCUT2D eigenvalue weighted by Crippen LogP contribution is 2.60. The number of allylic oxidation sites excluding steroid dienone is 10. The van der Waals surface area contributed by atoms with Gasteiger partial charge in [-0.05, 0) is 56.9 Å². The molecule has 7 N–H and O–H groups in total. The van der Waals surface area contributed by atoms with Crippen LogP contribution in [0.1, 0.15) is 207 Å². The predicted octanol–water partition coefficient (Wildman–Crippen LogP) is 12.4. The molecular formula is C59H99N3O16P2. The Kier molecular flexibility index (Phi) is 40.4. The highest BCUT2D eigenvalue weighted by atomic mass is 31.3. The first-order valence-corrected chi connectivity index (χ1v) is 32.4. The molecule has 9 atom stereocenters. The SMILES string of the molecule is CC/C=C\C/C=C\C/C=C\C/C=C\C=C/C(O)C/C=C\CCC(=O)O[C@H](COC(=O)CCCCCCCCCCCCCCCCCCCCC(C)CC)COP(=O)(O)OP(=O)(O)OC[C@H]1O[C@@H](n2ccc(N)nc2=O)[C@H](O)[C@@H]1O. The van der Waals surface area contributed by atoms with E-state index in [0.29, 0.717) is 6.42 Å². The van der Waals surface area contributed by atoms with Gasteiger partial charge in [0.15, 0.2) is 12.3 Å². The molecular weight excluding hydrogens is 1070 g/mol. The largest absolute Gasteiger partial charge is 0.481 e. The van der Waals surface area contributed by atoms with Crippen molar-refractivity contribution in [3.8, 4) is 0 Å².